The lowest BCUT2D eigenvalue weighted by atomic mass is 10.1. The highest BCUT2D eigenvalue weighted by molar-refractivity contribution is 9.10. The molecule has 0 heterocycles. The first kappa shape index (κ1) is 18.8. The number of aryl methyl sites for hydroxylation is 1. The summed E-state index contributed by atoms with van der Waals surface area (Å²) in [5.74, 6) is 0.237. The standard InChI is InChI=1S/C20H19BrN2O2/c1-3-14-5-7-18(8-6-14)23-20(24)16(13-22)9-15-10-17(21)12-19(11-15)25-4-2/h5-12H,3-4H2,1-2H3,(H,23,24)/b16-9+. The third-order valence-corrected chi connectivity index (χ3v) is 3.96. The van der Waals surface area contributed by atoms with Crippen molar-refractivity contribution in [1.29, 1.82) is 5.26 Å². The molecule has 4 nitrogen and oxygen atoms in total. The maximum absolute atomic E-state index is 12.4. The third kappa shape index (κ3) is 5.47. The fraction of sp³-hybridized carbons (Fsp3) is 0.200. The first-order valence-electron chi connectivity index (χ1n) is 8.01. The summed E-state index contributed by atoms with van der Waals surface area (Å²) in [6.07, 6.45) is 2.48. The highest BCUT2D eigenvalue weighted by atomic mass is 79.9. The molecule has 0 spiro atoms. The maximum Gasteiger partial charge on any atom is 0.266 e. The normalized spacial score (nSPS) is 10.9. The molecule has 0 aromatic heterocycles. The molecule has 0 saturated carbocycles. The van der Waals surface area contributed by atoms with Gasteiger partial charge in [0, 0.05) is 10.2 Å². The Balaban J connectivity index is 2.21. The van der Waals surface area contributed by atoms with E-state index in [2.05, 4.69) is 28.2 Å². The second kappa shape index (κ2) is 9.05. The minimum atomic E-state index is -0.440. The Hall–Kier alpha value is -2.58. The number of amides is 1. The van der Waals surface area contributed by atoms with E-state index >= 15 is 0 Å². The Morgan fingerprint density at radius 2 is 1.96 bits per heavy atom. The Kier molecular flexibility index (Phi) is 6.79. The third-order valence-electron chi connectivity index (χ3n) is 3.50. The molecule has 2 aromatic carbocycles. The van der Waals surface area contributed by atoms with Crippen LogP contribution >= 0.6 is 15.9 Å². The first-order chi connectivity index (χ1) is 12.0. The molecule has 0 aliphatic rings. The number of benzene rings is 2. The molecule has 0 fully saturated rings. The van der Waals surface area contributed by atoms with E-state index in [1.54, 1.807) is 12.1 Å². The lowest BCUT2D eigenvalue weighted by Crippen LogP contribution is -2.13. The topological polar surface area (TPSA) is 62.1 Å². The van der Waals surface area contributed by atoms with Gasteiger partial charge >= 0.3 is 0 Å². The predicted octanol–water partition coefficient (Wildman–Crippen LogP) is 4.96. The van der Waals surface area contributed by atoms with Gasteiger partial charge in [0.25, 0.3) is 5.91 Å². The van der Waals surface area contributed by atoms with Gasteiger partial charge in [-0.3, -0.25) is 4.79 Å². The first-order valence-corrected chi connectivity index (χ1v) is 8.80. The Bertz CT molecular complexity index is 821. The lowest BCUT2D eigenvalue weighted by molar-refractivity contribution is -0.112. The lowest BCUT2D eigenvalue weighted by Gasteiger charge is -2.07. The van der Waals surface area contributed by atoms with Gasteiger partial charge in [-0.05, 0) is 60.9 Å². The van der Waals surface area contributed by atoms with Crippen LogP contribution < -0.4 is 10.1 Å². The number of carbonyl (C=O) groups is 1. The van der Waals surface area contributed by atoms with E-state index in [4.69, 9.17) is 4.74 Å². The highest BCUT2D eigenvalue weighted by Gasteiger charge is 2.10. The van der Waals surface area contributed by atoms with Crippen molar-refractivity contribution < 1.29 is 9.53 Å². The molecule has 128 valence electrons. The van der Waals surface area contributed by atoms with Crippen molar-refractivity contribution in [3.05, 3.63) is 63.6 Å². The van der Waals surface area contributed by atoms with Gasteiger partial charge in [0.1, 0.15) is 17.4 Å². The van der Waals surface area contributed by atoms with E-state index in [9.17, 15) is 10.1 Å². The van der Waals surface area contributed by atoms with Crippen molar-refractivity contribution in [2.75, 3.05) is 11.9 Å². The Morgan fingerprint density at radius 3 is 2.56 bits per heavy atom. The van der Waals surface area contributed by atoms with Gasteiger partial charge in [0.05, 0.1) is 6.61 Å². The summed E-state index contributed by atoms with van der Waals surface area (Å²) in [6.45, 7) is 4.51. The Morgan fingerprint density at radius 1 is 1.24 bits per heavy atom. The molecule has 0 bridgehead atoms. The zero-order chi connectivity index (χ0) is 18.2. The van der Waals surface area contributed by atoms with Crippen LogP contribution in [0.1, 0.15) is 25.0 Å². The summed E-state index contributed by atoms with van der Waals surface area (Å²) in [6, 6.07) is 15.0. The van der Waals surface area contributed by atoms with Crippen LogP contribution in [0.25, 0.3) is 6.08 Å². The van der Waals surface area contributed by atoms with Crippen molar-refractivity contribution in [2.24, 2.45) is 0 Å². The van der Waals surface area contributed by atoms with Crippen LogP contribution in [0.5, 0.6) is 5.75 Å². The van der Waals surface area contributed by atoms with E-state index in [0.717, 1.165) is 10.9 Å². The molecule has 0 atom stereocenters. The zero-order valence-corrected chi connectivity index (χ0v) is 15.8. The average molecular weight is 399 g/mol. The molecule has 2 aromatic rings. The molecule has 25 heavy (non-hydrogen) atoms. The van der Waals surface area contributed by atoms with Crippen LogP contribution in [0, 0.1) is 11.3 Å². The molecule has 5 heteroatoms. The van der Waals surface area contributed by atoms with Gasteiger partial charge in [0.15, 0.2) is 0 Å². The van der Waals surface area contributed by atoms with Gasteiger partial charge in [-0.15, -0.1) is 0 Å². The van der Waals surface area contributed by atoms with Crippen LogP contribution in [0.3, 0.4) is 0 Å². The summed E-state index contributed by atoms with van der Waals surface area (Å²) < 4.78 is 6.29. The molecular weight excluding hydrogens is 380 g/mol. The molecule has 2 rings (SSSR count). The minimum Gasteiger partial charge on any atom is -0.494 e. The van der Waals surface area contributed by atoms with Crippen molar-refractivity contribution in [1.82, 2.24) is 0 Å². The quantitative estimate of drug-likeness (QED) is 0.552. The van der Waals surface area contributed by atoms with Gasteiger partial charge in [-0.2, -0.15) is 5.26 Å². The van der Waals surface area contributed by atoms with E-state index in [1.807, 2.05) is 49.4 Å². The van der Waals surface area contributed by atoms with E-state index in [1.165, 1.54) is 5.56 Å². The molecular formula is C20H19BrN2O2. The smallest absolute Gasteiger partial charge is 0.266 e. The molecule has 0 radical (unpaired) electrons. The average Bonchev–Trinajstić information content (AvgIpc) is 2.60. The highest BCUT2D eigenvalue weighted by Crippen LogP contribution is 2.23. The number of anilines is 1. The Labute approximate surface area is 156 Å². The fourth-order valence-electron chi connectivity index (χ4n) is 2.26. The summed E-state index contributed by atoms with van der Waals surface area (Å²) in [5.41, 5.74) is 2.59. The monoisotopic (exact) mass is 398 g/mol. The van der Waals surface area contributed by atoms with Crippen LogP contribution in [0.15, 0.2) is 52.5 Å². The van der Waals surface area contributed by atoms with Crippen molar-refractivity contribution in [3.8, 4) is 11.8 Å². The van der Waals surface area contributed by atoms with Crippen LogP contribution in [-0.4, -0.2) is 12.5 Å². The molecule has 0 aliphatic carbocycles. The van der Waals surface area contributed by atoms with Gasteiger partial charge < -0.3 is 10.1 Å². The van der Waals surface area contributed by atoms with Gasteiger partial charge in [0.2, 0.25) is 0 Å². The number of halogens is 1. The number of hydrogen-bond acceptors (Lipinski definition) is 3. The minimum absolute atomic E-state index is 0.0279. The fourth-order valence-corrected chi connectivity index (χ4v) is 2.75. The molecule has 0 saturated heterocycles. The van der Waals surface area contributed by atoms with E-state index < -0.39 is 5.91 Å². The van der Waals surface area contributed by atoms with E-state index in [-0.39, 0.29) is 5.57 Å². The van der Waals surface area contributed by atoms with Crippen molar-refractivity contribution in [2.45, 2.75) is 20.3 Å². The number of nitriles is 1. The van der Waals surface area contributed by atoms with Crippen LogP contribution in [-0.2, 0) is 11.2 Å². The number of nitrogens with one attached hydrogen (secondary N) is 1. The molecule has 0 aliphatic heterocycles. The molecule has 0 unspecified atom stereocenters. The number of nitrogens with zero attached hydrogens (tertiary/aromatic N) is 1. The second-order valence-electron chi connectivity index (χ2n) is 5.33. The summed E-state index contributed by atoms with van der Waals surface area (Å²) in [4.78, 5) is 12.4. The second-order valence-corrected chi connectivity index (χ2v) is 6.24. The number of ether oxygens (including phenoxy) is 1. The van der Waals surface area contributed by atoms with Gasteiger partial charge in [-0.1, -0.05) is 35.0 Å². The van der Waals surface area contributed by atoms with Gasteiger partial charge in [-0.25, -0.2) is 0 Å². The molecule has 1 N–H and O–H groups in total. The maximum atomic E-state index is 12.4. The summed E-state index contributed by atoms with van der Waals surface area (Å²) in [7, 11) is 0. The summed E-state index contributed by atoms with van der Waals surface area (Å²) >= 11 is 3.41. The zero-order valence-electron chi connectivity index (χ0n) is 14.2. The molecule has 1 amide bonds. The largest absolute Gasteiger partial charge is 0.494 e. The SMILES string of the molecule is CCOc1cc(Br)cc(/C=C(\C#N)C(=O)Nc2ccc(CC)cc2)c1. The summed E-state index contributed by atoms with van der Waals surface area (Å²) in [5, 5.41) is 12.1. The number of rotatable bonds is 6. The number of hydrogen-bond donors (Lipinski definition) is 1. The van der Waals surface area contributed by atoms with Crippen molar-refractivity contribution in [3.63, 3.8) is 0 Å². The number of carbonyl (C=O) groups excluding carboxylic acids is 1. The van der Waals surface area contributed by atoms with Crippen LogP contribution in [0.2, 0.25) is 0 Å². The van der Waals surface area contributed by atoms with Crippen LogP contribution in [0.4, 0.5) is 5.69 Å². The van der Waals surface area contributed by atoms with Crippen molar-refractivity contribution >= 4 is 33.6 Å². The predicted molar refractivity (Wildman–Crippen MR) is 103 cm³/mol. The van der Waals surface area contributed by atoms with E-state index in [0.29, 0.717) is 23.6 Å².